The van der Waals surface area contributed by atoms with E-state index in [1.165, 1.54) is 0 Å². The van der Waals surface area contributed by atoms with Crippen molar-refractivity contribution in [3.63, 3.8) is 0 Å². The molecule has 12 heteroatoms. The van der Waals surface area contributed by atoms with Crippen molar-refractivity contribution in [3.05, 3.63) is 0 Å². The van der Waals surface area contributed by atoms with E-state index in [1.807, 2.05) is 20.8 Å². The number of amides is 1. The van der Waals surface area contributed by atoms with Crippen LogP contribution >= 0.6 is 0 Å². The van der Waals surface area contributed by atoms with Crippen LogP contribution in [-0.2, 0) is 38.0 Å². The summed E-state index contributed by atoms with van der Waals surface area (Å²) in [5.41, 5.74) is -0.728. The summed E-state index contributed by atoms with van der Waals surface area (Å²) >= 11 is 0. The minimum atomic E-state index is -1.24. The van der Waals surface area contributed by atoms with Crippen molar-refractivity contribution in [1.82, 2.24) is 5.32 Å². The van der Waals surface area contributed by atoms with Gasteiger partial charge in [-0.25, -0.2) is 9.59 Å². The summed E-state index contributed by atoms with van der Waals surface area (Å²) in [5, 5.41) is 21.9. The predicted molar refractivity (Wildman–Crippen MR) is 194 cm³/mol. The molecule has 1 rings (SSSR count). The molecule has 8 atom stereocenters. The van der Waals surface area contributed by atoms with Crippen molar-refractivity contribution >= 4 is 18.0 Å². The molecule has 0 aromatic rings. The maximum atomic E-state index is 12.0. The molecule has 0 spiro atoms. The van der Waals surface area contributed by atoms with Gasteiger partial charge in [0.15, 0.2) is 6.04 Å². The smallest absolute Gasteiger partial charge is 0.408 e. The molecule has 3 N–H and O–H groups in total. The Balaban J connectivity index is 0.00000101. The highest BCUT2D eigenvalue weighted by molar-refractivity contribution is 5.80. The molecule has 0 aromatic carbocycles. The zero-order chi connectivity index (χ0) is 38.4. The molecule has 0 radical (unpaired) electrons. The maximum absolute atomic E-state index is 12.0. The van der Waals surface area contributed by atoms with Crippen LogP contribution in [-0.4, -0.2) is 104 Å². The number of ether oxygens (including phenoxy) is 6. The summed E-state index contributed by atoms with van der Waals surface area (Å²) in [7, 11) is 0. The highest BCUT2D eigenvalue weighted by Gasteiger charge is 2.33. The molecule has 1 fully saturated rings. The number of hydrogen-bond acceptors (Lipinski definition) is 10. The summed E-state index contributed by atoms with van der Waals surface area (Å²) in [5.74, 6) is -0.366. The number of aliphatic hydroxyl groups excluding tert-OH is 1. The number of aliphatic carboxylic acids is 1. The molecular formula is C38H73NO11. The second-order valence-electron chi connectivity index (χ2n) is 15.5. The van der Waals surface area contributed by atoms with Gasteiger partial charge in [-0.05, 0) is 79.1 Å². The molecule has 0 saturated carbocycles. The van der Waals surface area contributed by atoms with Crippen LogP contribution in [0.1, 0.15) is 122 Å². The van der Waals surface area contributed by atoms with Gasteiger partial charge in [-0.1, -0.05) is 54.4 Å². The lowest BCUT2D eigenvalue weighted by Crippen LogP contribution is -2.46. The van der Waals surface area contributed by atoms with Crippen LogP contribution in [0.4, 0.5) is 4.79 Å². The van der Waals surface area contributed by atoms with Gasteiger partial charge in [-0.3, -0.25) is 4.79 Å². The van der Waals surface area contributed by atoms with Crippen LogP contribution in [0.2, 0.25) is 0 Å². The lowest BCUT2D eigenvalue weighted by atomic mass is 9.89. The van der Waals surface area contributed by atoms with Gasteiger partial charge in [0.1, 0.15) is 11.7 Å². The van der Waals surface area contributed by atoms with E-state index in [0.29, 0.717) is 31.7 Å². The minimum Gasteiger partial charge on any atom is -0.480 e. The first-order chi connectivity index (χ1) is 23.3. The van der Waals surface area contributed by atoms with Crippen LogP contribution in [0, 0.1) is 29.6 Å². The quantitative estimate of drug-likeness (QED) is 0.116. The molecule has 0 aliphatic carbocycles. The molecule has 0 aromatic heterocycles. The summed E-state index contributed by atoms with van der Waals surface area (Å²) in [6.07, 6.45) is 3.78. The van der Waals surface area contributed by atoms with Crippen molar-refractivity contribution in [3.8, 4) is 0 Å². The van der Waals surface area contributed by atoms with Gasteiger partial charge in [-0.2, -0.15) is 0 Å². The SMILES string of the molecule is CCCO[C@@H](COC[C@H](NC(=O)OC(C)(C)C)C(=O)O)[C@@H](CCC(C)C)[C@H](C)O.CCCO[C@H]1COC[C@H](C)C(=O)O[C@@H](C)[C@@H]1CCC(C)C. The maximum Gasteiger partial charge on any atom is 0.408 e. The van der Waals surface area contributed by atoms with Crippen LogP contribution in [0.15, 0.2) is 0 Å². The first-order valence-corrected chi connectivity index (χ1v) is 18.8. The Morgan fingerprint density at radius 3 is 2.08 bits per heavy atom. The first-order valence-electron chi connectivity index (χ1n) is 18.8. The largest absolute Gasteiger partial charge is 0.480 e. The molecule has 0 unspecified atom stereocenters. The van der Waals surface area contributed by atoms with E-state index in [9.17, 15) is 24.6 Å². The van der Waals surface area contributed by atoms with Gasteiger partial charge < -0.3 is 44.0 Å². The topological polar surface area (TPSA) is 159 Å². The number of carboxylic acids is 1. The second-order valence-corrected chi connectivity index (χ2v) is 15.5. The first kappa shape index (κ1) is 48.0. The number of aliphatic hydroxyl groups is 1. The van der Waals surface area contributed by atoms with Crippen molar-refractivity contribution in [2.45, 2.75) is 158 Å². The Kier molecular flexibility index (Phi) is 24.9. The Hall–Kier alpha value is -1.99. The molecule has 1 aliphatic heterocycles. The fourth-order valence-electron chi connectivity index (χ4n) is 5.38. The normalized spacial score (nSPS) is 22.6. The van der Waals surface area contributed by atoms with Crippen molar-refractivity contribution in [2.24, 2.45) is 29.6 Å². The fraction of sp³-hybridized carbons (Fsp3) is 0.921. The van der Waals surface area contributed by atoms with Crippen molar-refractivity contribution in [1.29, 1.82) is 0 Å². The van der Waals surface area contributed by atoms with E-state index < -0.39 is 29.8 Å². The molecule has 1 saturated heterocycles. The summed E-state index contributed by atoms with van der Waals surface area (Å²) < 4.78 is 33.9. The van der Waals surface area contributed by atoms with Crippen LogP contribution < -0.4 is 5.32 Å². The summed E-state index contributed by atoms with van der Waals surface area (Å²) in [6.45, 7) is 25.6. The molecule has 1 aliphatic rings. The molecule has 50 heavy (non-hydrogen) atoms. The number of cyclic esters (lactones) is 1. The Morgan fingerprint density at radius 1 is 0.940 bits per heavy atom. The monoisotopic (exact) mass is 720 g/mol. The lowest BCUT2D eigenvalue weighted by Gasteiger charge is -2.31. The second kappa shape index (κ2) is 25.9. The fourth-order valence-corrected chi connectivity index (χ4v) is 5.38. The van der Waals surface area contributed by atoms with Crippen molar-refractivity contribution < 1.29 is 53.0 Å². The third kappa shape index (κ3) is 22.1. The predicted octanol–water partition coefficient (Wildman–Crippen LogP) is 6.64. The van der Waals surface area contributed by atoms with Gasteiger partial charge in [0, 0.05) is 25.0 Å². The molecule has 1 amide bonds. The highest BCUT2D eigenvalue weighted by atomic mass is 16.6. The summed E-state index contributed by atoms with van der Waals surface area (Å²) in [6, 6.07) is -1.24. The van der Waals surface area contributed by atoms with Crippen LogP contribution in [0.3, 0.4) is 0 Å². The zero-order valence-electron chi connectivity index (χ0n) is 33.3. The number of carbonyl (C=O) groups is 3. The molecule has 0 bridgehead atoms. The number of nitrogens with one attached hydrogen (secondary N) is 1. The molecule has 1 heterocycles. The van der Waals surface area contributed by atoms with E-state index in [2.05, 4.69) is 39.9 Å². The van der Waals surface area contributed by atoms with Crippen molar-refractivity contribution in [2.75, 3.05) is 39.6 Å². The third-order valence-electron chi connectivity index (χ3n) is 8.31. The van der Waals surface area contributed by atoms with E-state index in [0.717, 1.165) is 45.1 Å². The third-order valence-corrected chi connectivity index (χ3v) is 8.31. The number of carbonyl (C=O) groups excluding carboxylic acids is 2. The van der Waals surface area contributed by atoms with Gasteiger partial charge in [0.05, 0.1) is 50.7 Å². The number of alkyl carbamates (subject to hydrolysis) is 1. The zero-order valence-corrected chi connectivity index (χ0v) is 33.3. The van der Waals surface area contributed by atoms with E-state index in [1.54, 1.807) is 27.7 Å². The lowest BCUT2D eigenvalue weighted by molar-refractivity contribution is -0.157. The average molecular weight is 720 g/mol. The number of rotatable bonds is 20. The minimum absolute atomic E-state index is 0.0109. The van der Waals surface area contributed by atoms with Crippen LogP contribution in [0.25, 0.3) is 0 Å². The van der Waals surface area contributed by atoms with E-state index >= 15 is 0 Å². The van der Waals surface area contributed by atoms with E-state index in [4.69, 9.17) is 28.4 Å². The van der Waals surface area contributed by atoms with Gasteiger partial charge in [0.25, 0.3) is 0 Å². The number of esters is 1. The van der Waals surface area contributed by atoms with Gasteiger partial charge in [0.2, 0.25) is 0 Å². The number of carboxylic acid groups (broad SMARTS) is 1. The van der Waals surface area contributed by atoms with Gasteiger partial charge >= 0.3 is 18.0 Å². The Bertz CT molecular complexity index is 921. The molecule has 12 nitrogen and oxygen atoms in total. The van der Waals surface area contributed by atoms with Gasteiger partial charge in [-0.15, -0.1) is 0 Å². The number of hydrogen-bond donors (Lipinski definition) is 3. The Morgan fingerprint density at radius 2 is 1.56 bits per heavy atom. The average Bonchev–Trinajstić information content (AvgIpc) is 3.04. The highest BCUT2D eigenvalue weighted by Crippen LogP contribution is 2.27. The van der Waals surface area contributed by atoms with E-state index in [-0.39, 0.29) is 55.2 Å². The van der Waals surface area contributed by atoms with Crippen LogP contribution in [0.5, 0.6) is 0 Å². The summed E-state index contributed by atoms with van der Waals surface area (Å²) in [4.78, 5) is 35.3. The molecular weight excluding hydrogens is 646 g/mol. The standard InChI is InChI=1S/C21H41NO7.C17H32O4/c1-8-11-28-18(16(15(4)23)10-9-14(2)3)13-27-12-17(19(24)25)22-20(26)29-21(5,6)7;1-6-9-20-16-11-19-10-13(4)17(18)21-14(5)15(16)8-7-12(2)3/h14-18,23H,8-13H2,1-7H3,(H,22,26)(H,24,25);12-16H,6-11H2,1-5H3/t15-,16-,17-,18-;13-,14-,15-,16-/m00/s1. The molecule has 296 valence electrons. The Labute approximate surface area is 303 Å².